The van der Waals surface area contributed by atoms with Gasteiger partial charge in [0.1, 0.15) is 0 Å². The highest BCUT2D eigenvalue weighted by Crippen LogP contribution is 2.38. The third-order valence-corrected chi connectivity index (χ3v) is 2.70. The van der Waals surface area contributed by atoms with Crippen molar-refractivity contribution in [2.75, 3.05) is 0 Å². The molecule has 0 bridgehead atoms. The molecule has 0 fully saturated rings. The average Bonchev–Trinajstić information content (AvgIpc) is 2.33. The summed E-state index contributed by atoms with van der Waals surface area (Å²) in [5.41, 5.74) is 0.319. The van der Waals surface area contributed by atoms with Crippen molar-refractivity contribution in [2.24, 2.45) is 5.41 Å². The molecule has 1 atom stereocenters. The summed E-state index contributed by atoms with van der Waals surface area (Å²) in [5.74, 6) is 0. The van der Waals surface area contributed by atoms with E-state index in [2.05, 4.69) is 19.9 Å². The third-order valence-electron chi connectivity index (χ3n) is 2.70. The summed E-state index contributed by atoms with van der Waals surface area (Å²) >= 11 is 0. The fourth-order valence-corrected chi connectivity index (χ4v) is 1.64. The maximum atomic E-state index is 9.24. The van der Waals surface area contributed by atoms with E-state index in [0.29, 0.717) is 5.41 Å². The van der Waals surface area contributed by atoms with Gasteiger partial charge in [-0.15, -0.1) is 0 Å². The summed E-state index contributed by atoms with van der Waals surface area (Å²) < 4.78 is 0. The minimum Gasteiger partial charge on any atom is -0.389 e. The van der Waals surface area contributed by atoms with E-state index in [1.165, 1.54) is 0 Å². The average molecular weight is 140 g/mol. The topological polar surface area (TPSA) is 20.2 Å². The van der Waals surface area contributed by atoms with Gasteiger partial charge in [-0.2, -0.15) is 0 Å². The molecule has 1 heteroatoms. The van der Waals surface area contributed by atoms with Crippen LogP contribution < -0.4 is 0 Å². The molecule has 0 aliphatic heterocycles. The summed E-state index contributed by atoms with van der Waals surface area (Å²) in [7, 11) is 0. The zero-order valence-electron chi connectivity index (χ0n) is 6.80. The van der Waals surface area contributed by atoms with Gasteiger partial charge >= 0.3 is 0 Å². The predicted molar refractivity (Wildman–Crippen MR) is 42.8 cm³/mol. The molecule has 0 radical (unpaired) electrons. The van der Waals surface area contributed by atoms with Gasteiger partial charge in [-0.1, -0.05) is 26.0 Å². The Morgan fingerprint density at radius 2 is 2.10 bits per heavy atom. The Morgan fingerprint density at radius 3 is 2.30 bits per heavy atom. The second-order valence-electron chi connectivity index (χ2n) is 3.20. The van der Waals surface area contributed by atoms with Crippen LogP contribution in [0.5, 0.6) is 0 Å². The van der Waals surface area contributed by atoms with E-state index < -0.39 is 0 Å². The first-order chi connectivity index (χ1) is 4.72. The van der Waals surface area contributed by atoms with Crippen LogP contribution in [0.3, 0.4) is 0 Å². The zero-order valence-corrected chi connectivity index (χ0v) is 6.80. The monoisotopic (exact) mass is 140 g/mol. The zero-order chi connectivity index (χ0) is 7.61. The Balaban J connectivity index is 2.61. The Kier molecular flexibility index (Phi) is 2.14. The molecule has 0 aromatic carbocycles. The van der Waals surface area contributed by atoms with Gasteiger partial charge in [0.05, 0.1) is 6.10 Å². The van der Waals surface area contributed by atoms with E-state index in [4.69, 9.17) is 0 Å². The van der Waals surface area contributed by atoms with Gasteiger partial charge in [0.25, 0.3) is 0 Å². The van der Waals surface area contributed by atoms with Crippen LogP contribution in [0, 0.1) is 5.41 Å². The molecule has 0 saturated heterocycles. The number of hydrogen-bond donors (Lipinski definition) is 1. The minimum atomic E-state index is -0.181. The van der Waals surface area contributed by atoms with Gasteiger partial charge in [-0.3, -0.25) is 0 Å². The van der Waals surface area contributed by atoms with Gasteiger partial charge in [0, 0.05) is 0 Å². The van der Waals surface area contributed by atoms with Crippen LogP contribution in [-0.4, -0.2) is 11.2 Å². The molecule has 0 saturated carbocycles. The number of aliphatic hydroxyl groups excluding tert-OH is 1. The fraction of sp³-hybridized carbons (Fsp3) is 0.778. The SMILES string of the molecule is CCC1(CC)C=CC(O)C1. The van der Waals surface area contributed by atoms with Gasteiger partial charge in [-0.25, -0.2) is 0 Å². The van der Waals surface area contributed by atoms with Crippen molar-refractivity contribution in [1.82, 2.24) is 0 Å². The number of aliphatic hydroxyl groups is 1. The summed E-state index contributed by atoms with van der Waals surface area (Å²) in [6.07, 6.45) is 7.15. The Morgan fingerprint density at radius 1 is 1.50 bits per heavy atom. The van der Waals surface area contributed by atoms with Crippen molar-refractivity contribution in [3.8, 4) is 0 Å². The van der Waals surface area contributed by atoms with Crippen molar-refractivity contribution >= 4 is 0 Å². The van der Waals surface area contributed by atoms with Gasteiger partial charge < -0.3 is 5.11 Å². The molecule has 1 nitrogen and oxygen atoms in total. The Labute approximate surface area is 62.8 Å². The standard InChI is InChI=1S/C9H16O/c1-3-9(4-2)6-5-8(10)7-9/h5-6,8,10H,3-4,7H2,1-2H3. The molecule has 1 aliphatic rings. The molecule has 1 rings (SSSR count). The molecular formula is C9H16O. The quantitative estimate of drug-likeness (QED) is 0.582. The second kappa shape index (κ2) is 2.75. The molecule has 0 spiro atoms. The van der Waals surface area contributed by atoms with Crippen molar-refractivity contribution in [1.29, 1.82) is 0 Å². The maximum absolute atomic E-state index is 9.24. The minimum absolute atomic E-state index is 0.181. The third kappa shape index (κ3) is 1.24. The molecule has 1 aliphatic carbocycles. The fourth-order valence-electron chi connectivity index (χ4n) is 1.64. The summed E-state index contributed by atoms with van der Waals surface area (Å²) in [4.78, 5) is 0. The summed E-state index contributed by atoms with van der Waals surface area (Å²) in [6, 6.07) is 0. The highest BCUT2D eigenvalue weighted by Gasteiger charge is 2.29. The van der Waals surface area contributed by atoms with Crippen LogP contribution in [0.4, 0.5) is 0 Å². The Bertz CT molecular complexity index is 134. The normalized spacial score (nSPS) is 29.3. The highest BCUT2D eigenvalue weighted by atomic mass is 16.3. The molecule has 0 aromatic rings. The molecule has 0 aromatic heterocycles. The van der Waals surface area contributed by atoms with Gasteiger partial charge in [-0.05, 0) is 24.7 Å². The molecule has 1 N–H and O–H groups in total. The predicted octanol–water partition coefficient (Wildman–Crippen LogP) is 2.11. The van der Waals surface area contributed by atoms with E-state index in [0.717, 1.165) is 19.3 Å². The molecule has 0 amide bonds. The number of allylic oxidation sites excluding steroid dienone is 1. The van der Waals surface area contributed by atoms with Gasteiger partial charge in [0.2, 0.25) is 0 Å². The maximum Gasteiger partial charge on any atom is 0.0729 e. The van der Waals surface area contributed by atoms with Crippen LogP contribution in [0.15, 0.2) is 12.2 Å². The molecule has 10 heavy (non-hydrogen) atoms. The smallest absolute Gasteiger partial charge is 0.0729 e. The van der Waals surface area contributed by atoms with E-state index in [1.807, 2.05) is 6.08 Å². The van der Waals surface area contributed by atoms with Crippen molar-refractivity contribution in [3.63, 3.8) is 0 Å². The highest BCUT2D eigenvalue weighted by molar-refractivity contribution is 5.10. The van der Waals surface area contributed by atoms with Crippen molar-refractivity contribution in [3.05, 3.63) is 12.2 Å². The van der Waals surface area contributed by atoms with Crippen LogP contribution >= 0.6 is 0 Å². The lowest BCUT2D eigenvalue weighted by Crippen LogP contribution is -2.15. The van der Waals surface area contributed by atoms with E-state index >= 15 is 0 Å². The van der Waals surface area contributed by atoms with E-state index in [9.17, 15) is 5.11 Å². The first-order valence-corrected chi connectivity index (χ1v) is 4.10. The molecule has 58 valence electrons. The molecule has 1 unspecified atom stereocenters. The summed E-state index contributed by atoms with van der Waals surface area (Å²) in [5, 5.41) is 9.24. The molecule has 0 heterocycles. The van der Waals surface area contributed by atoms with Crippen molar-refractivity contribution < 1.29 is 5.11 Å². The van der Waals surface area contributed by atoms with E-state index in [1.54, 1.807) is 0 Å². The second-order valence-corrected chi connectivity index (χ2v) is 3.20. The largest absolute Gasteiger partial charge is 0.389 e. The van der Waals surface area contributed by atoms with Crippen LogP contribution in [0.2, 0.25) is 0 Å². The lowest BCUT2D eigenvalue weighted by Gasteiger charge is -2.23. The van der Waals surface area contributed by atoms with E-state index in [-0.39, 0.29) is 6.10 Å². The Hall–Kier alpha value is -0.300. The number of hydrogen-bond acceptors (Lipinski definition) is 1. The number of rotatable bonds is 2. The summed E-state index contributed by atoms with van der Waals surface area (Å²) in [6.45, 7) is 4.37. The van der Waals surface area contributed by atoms with Gasteiger partial charge in [0.15, 0.2) is 0 Å². The first kappa shape index (κ1) is 7.80. The molecular weight excluding hydrogens is 124 g/mol. The van der Waals surface area contributed by atoms with Crippen LogP contribution in [-0.2, 0) is 0 Å². The van der Waals surface area contributed by atoms with Crippen molar-refractivity contribution in [2.45, 2.75) is 39.2 Å². The first-order valence-electron chi connectivity index (χ1n) is 4.10. The van der Waals surface area contributed by atoms with Crippen LogP contribution in [0.25, 0.3) is 0 Å². The lowest BCUT2D eigenvalue weighted by atomic mass is 9.82. The lowest BCUT2D eigenvalue weighted by molar-refractivity contribution is 0.173. The van der Waals surface area contributed by atoms with Crippen LogP contribution in [0.1, 0.15) is 33.1 Å².